The number of likely N-dealkylation sites (tertiary alicyclic amines) is 1. The molecule has 5 nitrogen and oxygen atoms in total. The minimum absolute atomic E-state index is 0.00217. The highest BCUT2D eigenvalue weighted by atomic mass is 32.2. The maximum absolute atomic E-state index is 10.8. The number of nitrogens with zero attached hydrogens (tertiary/aromatic N) is 1. The average molecular weight is 283 g/mol. The lowest BCUT2D eigenvalue weighted by Gasteiger charge is -2.16. The van der Waals surface area contributed by atoms with Crippen molar-refractivity contribution < 1.29 is 8.42 Å². The van der Waals surface area contributed by atoms with Gasteiger partial charge in [0.25, 0.3) is 0 Å². The fourth-order valence-corrected chi connectivity index (χ4v) is 2.79. The average Bonchev–Trinajstić information content (AvgIpc) is 2.76. The molecule has 1 fully saturated rings. The smallest absolute Gasteiger partial charge is 0.210 e. The molecule has 1 aliphatic heterocycles. The summed E-state index contributed by atoms with van der Waals surface area (Å²) in [7, 11) is -3.35. The summed E-state index contributed by atoms with van der Waals surface area (Å²) in [5, 5.41) is 8.22. The highest BCUT2D eigenvalue weighted by Gasteiger charge is 2.21. The Labute approximate surface area is 114 Å². The molecule has 0 radical (unpaired) electrons. The summed E-state index contributed by atoms with van der Waals surface area (Å²) >= 11 is 0. The van der Waals surface area contributed by atoms with Crippen LogP contribution in [0.1, 0.15) is 12.0 Å². The fraction of sp³-hybridized carbons (Fsp3) is 0.538. The Morgan fingerprint density at radius 1 is 1.32 bits per heavy atom. The van der Waals surface area contributed by atoms with Gasteiger partial charge in [0.05, 0.1) is 5.75 Å². The second-order valence-corrected chi connectivity index (χ2v) is 6.76. The molecule has 0 aliphatic carbocycles. The number of nitrogens with one attached hydrogen (secondary N) is 1. The molecule has 0 spiro atoms. The molecule has 0 aromatic heterocycles. The molecule has 2 rings (SSSR count). The third kappa shape index (κ3) is 5.28. The fourth-order valence-electron chi connectivity index (χ4n) is 2.39. The Kier molecular flexibility index (Phi) is 4.93. The number of hydrogen-bond acceptors (Lipinski definition) is 4. The normalized spacial score (nSPS) is 20.8. The van der Waals surface area contributed by atoms with E-state index in [1.54, 1.807) is 0 Å². The monoisotopic (exact) mass is 283 g/mol. The third-order valence-corrected chi connectivity index (χ3v) is 4.11. The van der Waals surface area contributed by atoms with Gasteiger partial charge >= 0.3 is 0 Å². The van der Waals surface area contributed by atoms with Gasteiger partial charge in [0.2, 0.25) is 10.0 Å². The topological polar surface area (TPSA) is 75.4 Å². The Balaban J connectivity index is 1.71. The first kappa shape index (κ1) is 14.5. The lowest BCUT2D eigenvalue weighted by Crippen LogP contribution is -2.36. The maximum atomic E-state index is 10.8. The standard InChI is InChI=1S/C13H21N3O2S/c14-19(17,18)9-7-15-13-6-8-16(11-13)10-12-4-2-1-3-5-12/h1-5,13,15H,6-11H2,(H2,14,17,18). The van der Waals surface area contributed by atoms with Crippen LogP contribution in [0, 0.1) is 0 Å². The molecule has 0 bridgehead atoms. The van der Waals surface area contributed by atoms with Crippen molar-refractivity contribution >= 4 is 10.0 Å². The van der Waals surface area contributed by atoms with Gasteiger partial charge < -0.3 is 5.32 Å². The number of nitrogens with two attached hydrogens (primary N) is 1. The van der Waals surface area contributed by atoms with Gasteiger partial charge in [-0.1, -0.05) is 30.3 Å². The minimum atomic E-state index is -3.35. The summed E-state index contributed by atoms with van der Waals surface area (Å²) in [6, 6.07) is 10.7. The van der Waals surface area contributed by atoms with Crippen molar-refractivity contribution in [2.24, 2.45) is 5.14 Å². The Morgan fingerprint density at radius 3 is 2.74 bits per heavy atom. The third-order valence-electron chi connectivity index (χ3n) is 3.34. The van der Waals surface area contributed by atoms with Crippen LogP contribution < -0.4 is 10.5 Å². The molecule has 0 amide bonds. The van der Waals surface area contributed by atoms with Crippen LogP contribution in [0.15, 0.2) is 30.3 Å². The van der Waals surface area contributed by atoms with Crippen LogP contribution in [0.25, 0.3) is 0 Å². The van der Waals surface area contributed by atoms with Crippen LogP contribution in [0.3, 0.4) is 0 Å². The van der Waals surface area contributed by atoms with Gasteiger partial charge in [-0.3, -0.25) is 4.90 Å². The Bertz CT molecular complexity index is 490. The molecule has 19 heavy (non-hydrogen) atoms. The molecule has 1 aromatic carbocycles. The van der Waals surface area contributed by atoms with Crippen LogP contribution in [0.2, 0.25) is 0 Å². The van der Waals surface area contributed by atoms with Crippen LogP contribution in [0.4, 0.5) is 0 Å². The summed E-state index contributed by atoms with van der Waals surface area (Å²) in [5.74, 6) is 0.00217. The second kappa shape index (κ2) is 6.47. The molecule has 1 unspecified atom stereocenters. The van der Waals surface area contributed by atoms with E-state index in [9.17, 15) is 8.42 Å². The first-order valence-corrected chi connectivity index (χ1v) is 8.24. The van der Waals surface area contributed by atoms with Gasteiger partial charge in [-0.15, -0.1) is 0 Å². The summed E-state index contributed by atoms with van der Waals surface area (Å²) in [6.45, 7) is 3.39. The molecule has 1 atom stereocenters. The molecule has 0 saturated carbocycles. The second-order valence-electron chi connectivity index (χ2n) is 5.03. The van der Waals surface area contributed by atoms with Crippen molar-refractivity contribution in [1.82, 2.24) is 10.2 Å². The van der Waals surface area contributed by atoms with E-state index in [1.165, 1.54) is 5.56 Å². The van der Waals surface area contributed by atoms with Gasteiger partial charge in [0, 0.05) is 32.2 Å². The van der Waals surface area contributed by atoms with Crippen molar-refractivity contribution in [2.75, 3.05) is 25.4 Å². The molecule has 1 saturated heterocycles. The SMILES string of the molecule is NS(=O)(=O)CCNC1CCN(Cc2ccccc2)C1. The number of sulfonamides is 1. The molecule has 6 heteroatoms. The number of benzene rings is 1. The molecule has 3 N–H and O–H groups in total. The van der Waals surface area contributed by atoms with E-state index in [2.05, 4.69) is 22.3 Å². The molecule has 1 heterocycles. The lowest BCUT2D eigenvalue weighted by atomic mass is 10.2. The summed E-state index contributed by atoms with van der Waals surface area (Å²) in [5.41, 5.74) is 1.31. The maximum Gasteiger partial charge on any atom is 0.210 e. The minimum Gasteiger partial charge on any atom is -0.312 e. The van der Waals surface area contributed by atoms with Crippen molar-refractivity contribution in [3.05, 3.63) is 35.9 Å². The highest BCUT2D eigenvalue weighted by molar-refractivity contribution is 7.89. The van der Waals surface area contributed by atoms with E-state index in [0.717, 1.165) is 26.1 Å². The summed E-state index contributed by atoms with van der Waals surface area (Å²) < 4.78 is 21.7. The van der Waals surface area contributed by atoms with Crippen LogP contribution in [-0.2, 0) is 16.6 Å². The number of primary sulfonamides is 1. The van der Waals surface area contributed by atoms with Crippen molar-refractivity contribution in [3.8, 4) is 0 Å². The first-order valence-electron chi connectivity index (χ1n) is 6.53. The van der Waals surface area contributed by atoms with Gasteiger partial charge in [-0.25, -0.2) is 13.6 Å². The van der Waals surface area contributed by atoms with Crippen molar-refractivity contribution in [2.45, 2.75) is 19.0 Å². The van der Waals surface area contributed by atoms with Gasteiger partial charge in [0.1, 0.15) is 0 Å². The zero-order valence-corrected chi connectivity index (χ0v) is 11.8. The van der Waals surface area contributed by atoms with E-state index in [1.807, 2.05) is 18.2 Å². The van der Waals surface area contributed by atoms with E-state index in [4.69, 9.17) is 5.14 Å². The van der Waals surface area contributed by atoms with E-state index < -0.39 is 10.0 Å². The number of hydrogen-bond donors (Lipinski definition) is 2. The zero-order chi connectivity index (χ0) is 13.7. The lowest BCUT2D eigenvalue weighted by molar-refractivity contribution is 0.321. The van der Waals surface area contributed by atoms with Crippen LogP contribution >= 0.6 is 0 Å². The predicted molar refractivity (Wildman–Crippen MR) is 76.1 cm³/mol. The Hall–Kier alpha value is -0.950. The van der Waals surface area contributed by atoms with E-state index >= 15 is 0 Å². The number of rotatable bonds is 6. The van der Waals surface area contributed by atoms with Gasteiger partial charge in [0.15, 0.2) is 0 Å². The van der Waals surface area contributed by atoms with Crippen LogP contribution in [-0.4, -0.2) is 44.7 Å². The van der Waals surface area contributed by atoms with E-state index in [0.29, 0.717) is 12.6 Å². The molecular weight excluding hydrogens is 262 g/mol. The van der Waals surface area contributed by atoms with Crippen LogP contribution in [0.5, 0.6) is 0 Å². The summed E-state index contributed by atoms with van der Waals surface area (Å²) in [6.07, 6.45) is 1.05. The Morgan fingerprint density at radius 2 is 2.05 bits per heavy atom. The molecule has 1 aliphatic rings. The van der Waals surface area contributed by atoms with E-state index in [-0.39, 0.29) is 5.75 Å². The van der Waals surface area contributed by atoms with Gasteiger partial charge in [-0.05, 0) is 12.0 Å². The highest BCUT2D eigenvalue weighted by Crippen LogP contribution is 2.13. The first-order chi connectivity index (χ1) is 9.03. The molecule has 1 aromatic rings. The van der Waals surface area contributed by atoms with Crippen molar-refractivity contribution in [1.29, 1.82) is 0 Å². The largest absolute Gasteiger partial charge is 0.312 e. The predicted octanol–water partition coefficient (Wildman–Crippen LogP) is 0.139. The van der Waals surface area contributed by atoms with Gasteiger partial charge in [-0.2, -0.15) is 0 Å². The summed E-state index contributed by atoms with van der Waals surface area (Å²) in [4.78, 5) is 2.38. The van der Waals surface area contributed by atoms with Crippen molar-refractivity contribution in [3.63, 3.8) is 0 Å². The zero-order valence-electron chi connectivity index (χ0n) is 11.0. The molecule has 106 valence electrons. The quantitative estimate of drug-likeness (QED) is 0.778. The molecular formula is C13H21N3O2S.